The van der Waals surface area contributed by atoms with Crippen molar-refractivity contribution >= 4 is 22.8 Å². The van der Waals surface area contributed by atoms with E-state index in [9.17, 15) is 4.79 Å². The Morgan fingerprint density at radius 2 is 2.24 bits per heavy atom. The lowest BCUT2D eigenvalue weighted by atomic mass is 10.1. The number of amides is 1. The number of hydrogen-bond acceptors (Lipinski definition) is 5. The van der Waals surface area contributed by atoms with Crippen LogP contribution in [-0.2, 0) is 13.6 Å². The number of hydrogen-bond donors (Lipinski definition) is 1. The summed E-state index contributed by atoms with van der Waals surface area (Å²) in [4.78, 5) is 17.6. The van der Waals surface area contributed by atoms with E-state index in [0.29, 0.717) is 17.3 Å². The minimum atomic E-state index is -0.243. The molecule has 0 radical (unpaired) electrons. The highest BCUT2D eigenvalue weighted by Gasteiger charge is 2.28. The summed E-state index contributed by atoms with van der Waals surface area (Å²) < 4.78 is 3.19. The van der Waals surface area contributed by atoms with Crippen molar-refractivity contribution in [3.05, 3.63) is 35.3 Å². The molecule has 8 heteroatoms. The molecule has 1 saturated carbocycles. The third-order valence-corrected chi connectivity index (χ3v) is 4.34. The normalized spacial score (nSPS) is 13.8. The quantitative estimate of drug-likeness (QED) is 0.787. The van der Waals surface area contributed by atoms with Gasteiger partial charge < -0.3 is 5.32 Å². The molecule has 0 saturated heterocycles. The molecule has 1 aliphatic rings. The zero-order chi connectivity index (χ0) is 17.6. The van der Waals surface area contributed by atoms with Gasteiger partial charge in [-0.15, -0.1) is 0 Å². The number of rotatable bonds is 4. The molecule has 0 unspecified atom stereocenters. The molecule has 25 heavy (non-hydrogen) atoms. The Morgan fingerprint density at radius 1 is 1.44 bits per heavy atom. The molecular weight excluding hydrogens is 318 g/mol. The second-order valence-electron chi connectivity index (χ2n) is 6.29. The highest BCUT2D eigenvalue weighted by atomic mass is 16.1. The van der Waals surface area contributed by atoms with Crippen LogP contribution in [0.25, 0.3) is 11.0 Å². The lowest BCUT2D eigenvalue weighted by Gasteiger charge is -2.07. The molecule has 1 N–H and O–H groups in total. The zero-order valence-corrected chi connectivity index (χ0v) is 14.0. The van der Waals surface area contributed by atoms with E-state index in [2.05, 4.69) is 15.5 Å². The first-order valence-electron chi connectivity index (χ1n) is 8.13. The van der Waals surface area contributed by atoms with Gasteiger partial charge in [0.25, 0.3) is 5.91 Å². The molecule has 0 spiro atoms. The maximum atomic E-state index is 12.9. The van der Waals surface area contributed by atoms with Gasteiger partial charge in [-0.1, -0.05) is 0 Å². The predicted molar refractivity (Wildman–Crippen MR) is 91.0 cm³/mol. The lowest BCUT2D eigenvalue weighted by Crippen LogP contribution is -2.14. The number of nitrogens with one attached hydrogen (secondary N) is 1. The van der Waals surface area contributed by atoms with E-state index in [0.717, 1.165) is 35.3 Å². The van der Waals surface area contributed by atoms with Crippen molar-refractivity contribution in [2.75, 3.05) is 5.32 Å². The summed E-state index contributed by atoms with van der Waals surface area (Å²) >= 11 is 0. The van der Waals surface area contributed by atoms with Gasteiger partial charge in [-0.05, 0) is 25.8 Å². The monoisotopic (exact) mass is 335 g/mol. The van der Waals surface area contributed by atoms with E-state index < -0.39 is 0 Å². The molecule has 3 aromatic heterocycles. The van der Waals surface area contributed by atoms with Gasteiger partial charge in [0.15, 0.2) is 11.5 Å². The summed E-state index contributed by atoms with van der Waals surface area (Å²) in [6.45, 7) is 2.02. The zero-order valence-electron chi connectivity index (χ0n) is 14.0. The van der Waals surface area contributed by atoms with Gasteiger partial charge in [0.1, 0.15) is 6.54 Å². The number of carbonyl (C=O) groups excluding carboxylic acids is 1. The van der Waals surface area contributed by atoms with Crippen LogP contribution in [0, 0.1) is 18.3 Å². The average Bonchev–Trinajstić information content (AvgIpc) is 3.29. The summed E-state index contributed by atoms with van der Waals surface area (Å²) in [5.41, 5.74) is 3.00. The summed E-state index contributed by atoms with van der Waals surface area (Å²) in [6.07, 6.45) is 3.87. The second kappa shape index (κ2) is 5.70. The second-order valence-corrected chi connectivity index (χ2v) is 6.29. The van der Waals surface area contributed by atoms with E-state index in [1.165, 1.54) is 4.68 Å². The SMILES string of the molecule is Cc1nn(C)c2nc(C3CC3)cc(C(=O)Nc3ccn(CC#N)n3)c12. The third kappa shape index (κ3) is 2.74. The van der Waals surface area contributed by atoms with Gasteiger partial charge in [0, 0.05) is 30.9 Å². The van der Waals surface area contributed by atoms with Crippen molar-refractivity contribution in [1.82, 2.24) is 24.5 Å². The van der Waals surface area contributed by atoms with Crippen LogP contribution in [0.3, 0.4) is 0 Å². The lowest BCUT2D eigenvalue weighted by molar-refractivity contribution is 0.102. The fraction of sp³-hybridized carbons (Fsp3) is 0.353. The standard InChI is InChI=1S/C17H17N7O/c1-10-15-12(17(25)20-14-5-7-24(22-14)8-6-18)9-13(11-3-4-11)19-16(15)23(2)21-10/h5,7,9,11H,3-4,8H2,1-2H3,(H,20,22,25). The summed E-state index contributed by atoms with van der Waals surface area (Å²) in [5.74, 6) is 0.605. The van der Waals surface area contributed by atoms with E-state index in [-0.39, 0.29) is 12.5 Å². The van der Waals surface area contributed by atoms with Gasteiger partial charge in [-0.3, -0.25) is 14.2 Å². The van der Waals surface area contributed by atoms with Gasteiger partial charge in [-0.25, -0.2) is 4.98 Å². The molecule has 0 atom stereocenters. The smallest absolute Gasteiger partial charge is 0.257 e. The van der Waals surface area contributed by atoms with Crippen molar-refractivity contribution in [3.8, 4) is 6.07 Å². The van der Waals surface area contributed by atoms with Crippen molar-refractivity contribution in [1.29, 1.82) is 5.26 Å². The first-order valence-corrected chi connectivity index (χ1v) is 8.13. The van der Waals surface area contributed by atoms with Crippen LogP contribution in [0.5, 0.6) is 0 Å². The Kier molecular flexibility index (Phi) is 3.50. The molecule has 1 fully saturated rings. The average molecular weight is 335 g/mol. The Bertz CT molecular complexity index is 1020. The van der Waals surface area contributed by atoms with Gasteiger partial charge >= 0.3 is 0 Å². The van der Waals surface area contributed by atoms with Crippen molar-refractivity contribution in [2.45, 2.75) is 32.2 Å². The van der Waals surface area contributed by atoms with Gasteiger partial charge in [0.05, 0.1) is 22.7 Å². The van der Waals surface area contributed by atoms with Gasteiger partial charge in [0.2, 0.25) is 0 Å². The Balaban J connectivity index is 1.73. The molecule has 0 aliphatic heterocycles. The molecule has 0 aromatic carbocycles. The number of nitriles is 1. The molecule has 1 aliphatic carbocycles. The number of anilines is 1. The van der Waals surface area contributed by atoms with E-state index in [1.54, 1.807) is 16.9 Å². The maximum Gasteiger partial charge on any atom is 0.257 e. The van der Waals surface area contributed by atoms with Crippen LogP contribution in [0.1, 0.15) is 40.5 Å². The first-order chi connectivity index (χ1) is 12.1. The van der Waals surface area contributed by atoms with Crippen LogP contribution in [0.15, 0.2) is 18.3 Å². The first kappa shape index (κ1) is 15.3. The summed E-state index contributed by atoms with van der Waals surface area (Å²) in [7, 11) is 1.84. The minimum absolute atomic E-state index is 0.142. The molecular formula is C17H17N7O. The fourth-order valence-corrected chi connectivity index (χ4v) is 3.00. The molecule has 1 amide bonds. The predicted octanol–water partition coefficient (Wildman–Crippen LogP) is 2.13. The molecule has 4 rings (SSSR count). The van der Waals surface area contributed by atoms with Crippen molar-refractivity contribution in [2.24, 2.45) is 7.05 Å². The highest BCUT2D eigenvalue weighted by Crippen LogP contribution is 2.40. The third-order valence-electron chi connectivity index (χ3n) is 4.34. The molecule has 3 heterocycles. The van der Waals surface area contributed by atoms with E-state index in [4.69, 9.17) is 10.2 Å². The molecule has 126 valence electrons. The summed E-state index contributed by atoms with van der Waals surface area (Å²) in [5, 5.41) is 20.9. The number of pyridine rings is 1. The van der Waals surface area contributed by atoms with Crippen LogP contribution < -0.4 is 5.32 Å². The summed E-state index contributed by atoms with van der Waals surface area (Å²) in [6, 6.07) is 5.56. The highest BCUT2D eigenvalue weighted by molar-refractivity contribution is 6.12. The number of nitrogens with zero attached hydrogens (tertiary/aromatic N) is 6. The molecule has 8 nitrogen and oxygen atoms in total. The number of fused-ring (bicyclic) bond motifs is 1. The van der Waals surface area contributed by atoms with Crippen LogP contribution in [-0.4, -0.2) is 30.5 Å². The van der Waals surface area contributed by atoms with Gasteiger partial charge in [-0.2, -0.15) is 15.5 Å². The number of aromatic nitrogens is 5. The van der Waals surface area contributed by atoms with E-state index >= 15 is 0 Å². The fourth-order valence-electron chi connectivity index (χ4n) is 3.00. The molecule has 3 aromatic rings. The Hall–Kier alpha value is -3.21. The maximum absolute atomic E-state index is 12.9. The minimum Gasteiger partial charge on any atom is -0.305 e. The largest absolute Gasteiger partial charge is 0.305 e. The van der Waals surface area contributed by atoms with Crippen LogP contribution in [0.4, 0.5) is 5.82 Å². The number of carbonyl (C=O) groups is 1. The Labute approximate surface area is 144 Å². The van der Waals surface area contributed by atoms with Crippen molar-refractivity contribution in [3.63, 3.8) is 0 Å². The molecule has 0 bridgehead atoms. The topological polar surface area (TPSA) is 101 Å². The van der Waals surface area contributed by atoms with E-state index in [1.807, 2.05) is 26.1 Å². The van der Waals surface area contributed by atoms with Crippen LogP contribution >= 0.6 is 0 Å². The number of aryl methyl sites for hydroxylation is 2. The Morgan fingerprint density at radius 3 is 2.96 bits per heavy atom. The van der Waals surface area contributed by atoms with Crippen molar-refractivity contribution < 1.29 is 4.79 Å². The van der Waals surface area contributed by atoms with Crippen LogP contribution in [0.2, 0.25) is 0 Å².